The van der Waals surface area contributed by atoms with Crippen LogP contribution in [0.4, 0.5) is 4.79 Å². The van der Waals surface area contributed by atoms with Gasteiger partial charge in [0.2, 0.25) is 0 Å². The van der Waals surface area contributed by atoms with E-state index in [9.17, 15) is 14.4 Å². The predicted molar refractivity (Wildman–Crippen MR) is 98.3 cm³/mol. The molecule has 1 heterocycles. The van der Waals surface area contributed by atoms with E-state index in [0.29, 0.717) is 16.7 Å². The number of hydrogen-bond donors (Lipinski definition) is 0. The van der Waals surface area contributed by atoms with E-state index in [1.54, 1.807) is 55.5 Å². The lowest BCUT2D eigenvalue weighted by Gasteiger charge is -2.42. The van der Waals surface area contributed by atoms with Crippen LogP contribution in [0.2, 0.25) is 0 Å². The number of amides is 4. The van der Waals surface area contributed by atoms with Crippen molar-refractivity contribution in [3.8, 4) is 6.07 Å². The van der Waals surface area contributed by atoms with E-state index < -0.39 is 23.3 Å². The third-order valence-corrected chi connectivity index (χ3v) is 4.99. The van der Waals surface area contributed by atoms with Crippen LogP contribution >= 0.6 is 0 Å². The Morgan fingerprint density at radius 2 is 1.70 bits per heavy atom. The van der Waals surface area contributed by atoms with Crippen LogP contribution in [0.5, 0.6) is 0 Å². The average Bonchev–Trinajstić information content (AvgIpc) is 2.71. The van der Waals surface area contributed by atoms with Crippen molar-refractivity contribution in [1.82, 2.24) is 9.80 Å². The van der Waals surface area contributed by atoms with Crippen LogP contribution in [0, 0.1) is 11.3 Å². The molecule has 0 spiro atoms. The molecule has 1 aliphatic heterocycles. The van der Waals surface area contributed by atoms with Gasteiger partial charge in [-0.3, -0.25) is 19.4 Å². The minimum absolute atomic E-state index is 0.000605. The molecule has 1 atom stereocenters. The summed E-state index contributed by atoms with van der Waals surface area (Å²) >= 11 is 0. The molecule has 0 unspecified atom stereocenters. The summed E-state index contributed by atoms with van der Waals surface area (Å²) in [5.41, 5.74) is 0.226. The Morgan fingerprint density at radius 1 is 1.00 bits per heavy atom. The van der Waals surface area contributed by atoms with Crippen molar-refractivity contribution < 1.29 is 14.4 Å². The molecule has 6 nitrogen and oxygen atoms in total. The molecule has 0 radical (unpaired) electrons. The largest absolute Gasteiger partial charge is 0.333 e. The number of benzene rings is 2. The van der Waals surface area contributed by atoms with Gasteiger partial charge < -0.3 is 0 Å². The van der Waals surface area contributed by atoms with Gasteiger partial charge in [-0.05, 0) is 29.7 Å². The number of nitriles is 1. The summed E-state index contributed by atoms with van der Waals surface area (Å²) in [7, 11) is 1.39. The highest BCUT2D eigenvalue weighted by Crippen LogP contribution is 2.36. The highest BCUT2D eigenvalue weighted by molar-refractivity contribution is 6.22. The second-order valence-electron chi connectivity index (χ2n) is 6.48. The van der Waals surface area contributed by atoms with E-state index in [4.69, 9.17) is 5.26 Å². The van der Waals surface area contributed by atoms with E-state index in [-0.39, 0.29) is 13.0 Å². The van der Waals surface area contributed by atoms with Gasteiger partial charge in [0.05, 0.1) is 18.2 Å². The molecule has 136 valence electrons. The maximum Gasteiger partial charge on any atom is 0.333 e. The minimum Gasteiger partial charge on any atom is -0.273 e. The Labute approximate surface area is 157 Å². The third kappa shape index (κ3) is 2.87. The van der Waals surface area contributed by atoms with Crippen molar-refractivity contribution in [2.75, 3.05) is 7.05 Å². The quantitative estimate of drug-likeness (QED) is 0.784. The van der Waals surface area contributed by atoms with Gasteiger partial charge >= 0.3 is 6.03 Å². The van der Waals surface area contributed by atoms with Crippen molar-refractivity contribution in [3.63, 3.8) is 0 Å². The number of likely N-dealkylation sites (N-methyl/N-ethyl adjacent to an activating group) is 1. The molecule has 2 aromatic carbocycles. The van der Waals surface area contributed by atoms with Crippen molar-refractivity contribution in [2.24, 2.45) is 0 Å². The van der Waals surface area contributed by atoms with Gasteiger partial charge in [-0.2, -0.15) is 5.26 Å². The molecule has 0 N–H and O–H groups in total. The SMILES string of the molecule is CC[C@@]1(c2ccccc2)C(=O)N(C)C(=O)N(Cc2cccc(C#N)c2)C1=O. The second-order valence-corrected chi connectivity index (χ2v) is 6.48. The zero-order chi connectivity index (χ0) is 19.6. The molecular formula is C21H19N3O3. The summed E-state index contributed by atoms with van der Waals surface area (Å²) in [5, 5.41) is 9.07. The average molecular weight is 361 g/mol. The summed E-state index contributed by atoms with van der Waals surface area (Å²) in [4.78, 5) is 41.2. The van der Waals surface area contributed by atoms with Crippen LogP contribution < -0.4 is 0 Å². The van der Waals surface area contributed by atoms with Crippen LogP contribution in [0.3, 0.4) is 0 Å². The maximum absolute atomic E-state index is 13.4. The molecule has 0 aliphatic carbocycles. The summed E-state index contributed by atoms with van der Waals surface area (Å²) in [6.07, 6.45) is 0.237. The second kappa shape index (κ2) is 7.04. The summed E-state index contributed by atoms with van der Waals surface area (Å²) in [6, 6.07) is 16.9. The van der Waals surface area contributed by atoms with Gasteiger partial charge in [0.25, 0.3) is 11.8 Å². The van der Waals surface area contributed by atoms with Gasteiger partial charge in [0, 0.05) is 7.05 Å². The van der Waals surface area contributed by atoms with Gasteiger partial charge in [0.1, 0.15) is 0 Å². The van der Waals surface area contributed by atoms with Crippen molar-refractivity contribution in [3.05, 3.63) is 71.3 Å². The molecule has 0 saturated carbocycles. The lowest BCUT2D eigenvalue weighted by atomic mass is 9.74. The number of urea groups is 1. The molecule has 2 aromatic rings. The molecule has 27 heavy (non-hydrogen) atoms. The summed E-state index contributed by atoms with van der Waals surface area (Å²) in [5.74, 6) is -1.06. The normalized spacial score (nSPS) is 20.0. The van der Waals surface area contributed by atoms with E-state index in [0.717, 1.165) is 9.80 Å². The van der Waals surface area contributed by atoms with E-state index in [1.165, 1.54) is 7.05 Å². The maximum atomic E-state index is 13.4. The van der Waals surface area contributed by atoms with Crippen LogP contribution in [0.15, 0.2) is 54.6 Å². The highest BCUT2D eigenvalue weighted by atomic mass is 16.2. The van der Waals surface area contributed by atoms with Crippen molar-refractivity contribution in [1.29, 1.82) is 5.26 Å². The first kappa shape index (κ1) is 18.3. The number of carbonyl (C=O) groups excluding carboxylic acids is 3. The predicted octanol–water partition coefficient (Wildman–Crippen LogP) is 2.83. The first-order valence-corrected chi connectivity index (χ1v) is 8.64. The fourth-order valence-corrected chi connectivity index (χ4v) is 3.50. The topological polar surface area (TPSA) is 81.5 Å². The van der Waals surface area contributed by atoms with E-state index in [1.807, 2.05) is 12.1 Å². The Morgan fingerprint density at radius 3 is 2.33 bits per heavy atom. The lowest BCUT2D eigenvalue weighted by molar-refractivity contribution is -0.152. The van der Waals surface area contributed by atoms with Crippen LogP contribution in [0.25, 0.3) is 0 Å². The van der Waals surface area contributed by atoms with Gasteiger partial charge in [0.15, 0.2) is 5.41 Å². The molecule has 1 fully saturated rings. The lowest BCUT2D eigenvalue weighted by Crippen LogP contribution is -2.65. The molecular weight excluding hydrogens is 342 g/mol. The smallest absolute Gasteiger partial charge is 0.273 e. The molecule has 4 amide bonds. The fraction of sp³-hybridized carbons (Fsp3) is 0.238. The van der Waals surface area contributed by atoms with E-state index in [2.05, 4.69) is 0 Å². The first-order valence-electron chi connectivity index (χ1n) is 8.64. The molecule has 1 saturated heterocycles. The Bertz CT molecular complexity index is 949. The number of barbiturate groups is 1. The number of hydrogen-bond acceptors (Lipinski definition) is 4. The Balaban J connectivity index is 2.07. The van der Waals surface area contributed by atoms with Gasteiger partial charge in [-0.1, -0.05) is 49.4 Å². The molecule has 6 heteroatoms. The van der Waals surface area contributed by atoms with Crippen molar-refractivity contribution in [2.45, 2.75) is 25.3 Å². The number of carbonyl (C=O) groups is 3. The molecule has 3 rings (SSSR count). The van der Waals surface area contributed by atoms with Crippen molar-refractivity contribution >= 4 is 17.8 Å². The molecule has 0 bridgehead atoms. The zero-order valence-electron chi connectivity index (χ0n) is 15.2. The molecule has 0 aromatic heterocycles. The highest BCUT2D eigenvalue weighted by Gasteiger charge is 2.56. The number of imide groups is 2. The van der Waals surface area contributed by atoms with Crippen LogP contribution in [0.1, 0.15) is 30.0 Å². The summed E-state index contributed by atoms with van der Waals surface area (Å²) < 4.78 is 0. The third-order valence-electron chi connectivity index (χ3n) is 4.99. The molecule has 1 aliphatic rings. The number of rotatable bonds is 4. The summed E-state index contributed by atoms with van der Waals surface area (Å²) in [6.45, 7) is 1.76. The fourth-order valence-electron chi connectivity index (χ4n) is 3.50. The minimum atomic E-state index is -1.43. The Hall–Kier alpha value is -3.46. The Kier molecular flexibility index (Phi) is 4.78. The first-order chi connectivity index (χ1) is 13.0. The zero-order valence-corrected chi connectivity index (χ0v) is 15.2. The van der Waals surface area contributed by atoms with E-state index >= 15 is 0 Å². The van der Waals surface area contributed by atoms with Crippen LogP contribution in [-0.2, 0) is 21.5 Å². The van der Waals surface area contributed by atoms with Gasteiger partial charge in [-0.25, -0.2) is 4.79 Å². The van der Waals surface area contributed by atoms with Gasteiger partial charge in [-0.15, -0.1) is 0 Å². The standard InChI is InChI=1S/C21H19N3O3/c1-3-21(17-10-5-4-6-11-17)18(25)23(2)20(27)24(19(21)26)14-16-9-7-8-15(12-16)13-22/h4-12H,3,14H2,1-2H3/t21-/m1/s1. The monoisotopic (exact) mass is 361 g/mol. The number of nitrogens with zero attached hydrogens (tertiary/aromatic N) is 3. The van der Waals surface area contributed by atoms with Crippen LogP contribution in [-0.4, -0.2) is 34.7 Å².